The van der Waals surface area contributed by atoms with Gasteiger partial charge in [-0.3, -0.25) is 4.90 Å². The zero-order valence-corrected chi connectivity index (χ0v) is 5.36. The Balaban J connectivity index is 0. The van der Waals surface area contributed by atoms with Crippen LogP contribution in [0.3, 0.4) is 0 Å². The average molecular weight is 150 g/mol. The lowest BCUT2D eigenvalue weighted by Gasteiger charge is -2.11. The molecule has 0 aromatic heterocycles. The zero-order valence-electron chi connectivity index (χ0n) is 5.36. The highest BCUT2D eigenvalue weighted by molar-refractivity contribution is 5.71. The van der Waals surface area contributed by atoms with Crippen molar-refractivity contribution in [3.8, 4) is 0 Å². The van der Waals surface area contributed by atoms with E-state index < -0.39 is 19.5 Å². The molecule has 10 heavy (non-hydrogen) atoms. The van der Waals surface area contributed by atoms with Crippen molar-refractivity contribution in [3.63, 3.8) is 0 Å². The van der Waals surface area contributed by atoms with E-state index in [-0.39, 0.29) is 0 Å². The first-order valence-corrected chi connectivity index (χ1v) is 2.27. The molecule has 0 atom stereocenters. The molecule has 0 spiro atoms. The quantitative estimate of drug-likeness (QED) is 0.399. The Hall–Kier alpha value is -1.14. The van der Waals surface area contributed by atoms with Crippen molar-refractivity contribution in [1.82, 2.24) is 4.90 Å². The molecule has 0 aliphatic rings. The highest BCUT2D eigenvalue weighted by Gasteiger charge is 2.02. The number of primary amides is 1. The molecule has 4 N–H and O–H groups in total. The third kappa shape index (κ3) is 5.01. The number of amides is 2. The Bertz CT molecular complexity index is 93.3. The van der Waals surface area contributed by atoms with Crippen LogP contribution in [0.1, 0.15) is 0 Å². The first kappa shape index (κ1) is 11.6. The first-order valence-electron chi connectivity index (χ1n) is 2.27. The van der Waals surface area contributed by atoms with Crippen LogP contribution in [-0.2, 0) is 4.79 Å². The van der Waals surface area contributed by atoms with Crippen molar-refractivity contribution in [2.75, 3.05) is 13.5 Å². The molecule has 0 aromatic carbocycles. The number of hydrogen-bond acceptors (Lipinski definition) is 4. The third-order valence-corrected chi connectivity index (χ3v) is 0.653. The summed E-state index contributed by atoms with van der Waals surface area (Å²) in [7, 11) is 0. The lowest BCUT2D eigenvalue weighted by atomic mass is 10.8. The lowest BCUT2D eigenvalue weighted by molar-refractivity contribution is -0.0980. The maximum atomic E-state index is 9.99. The zero-order chi connectivity index (χ0) is 8.57. The molecule has 0 bridgehead atoms. The molecule has 0 aliphatic heterocycles. The van der Waals surface area contributed by atoms with Gasteiger partial charge < -0.3 is 20.7 Å². The molecule has 0 aromatic rings. The topological polar surface area (TPSA) is 104 Å². The highest BCUT2D eigenvalue weighted by atomic mass is 16.3. The Morgan fingerprint density at radius 2 is 1.70 bits per heavy atom. The minimum absolute atomic E-state index is 0.550. The van der Waals surface area contributed by atoms with E-state index >= 15 is 0 Å². The number of nitrogens with two attached hydrogens (primary N) is 1. The summed E-state index contributed by atoms with van der Waals surface area (Å²) in [6.07, 6.45) is 0. The van der Waals surface area contributed by atoms with Gasteiger partial charge in [0.2, 0.25) is 0 Å². The predicted octanol–water partition coefficient (Wildman–Crippen LogP) is -1.92. The molecule has 2 amide bonds. The molecule has 0 aliphatic carbocycles. The van der Waals surface area contributed by atoms with Crippen LogP contribution >= 0.6 is 0 Å². The van der Waals surface area contributed by atoms with Gasteiger partial charge in [-0.15, -0.1) is 0 Å². The fourth-order valence-corrected chi connectivity index (χ4v) is 0.184. The van der Waals surface area contributed by atoms with Crippen molar-refractivity contribution in [2.45, 2.75) is 0 Å². The number of aliphatic hydroxyl groups is 2. The Morgan fingerprint density at radius 1 is 1.40 bits per heavy atom. The Morgan fingerprint density at radius 3 is 1.70 bits per heavy atom. The maximum absolute atomic E-state index is 9.99. The van der Waals surface area contributed by atoms with Gasteiger partial charge in [0.25, 0.3) is 0 Å². The van der Waals surface area contributed by atoms with Crippen molar-refractivity contribution in [2.24, 2.45) is 5.73 Å². The second-order valence-corrected chi connectivity index (χ2v) is 1.16. The molecular formula is C4H10N2O4. The van der Waals surface area contributed by atoms with E-state index in [0.717, 1.165) is 0 Å². The second kappa shape index (κ2) is 7.86. The molecule has 60 valence electrons. The van der Waals surface area contributed by atoms with Crippen LogP contribution < -0.4 is 5.73 Å². The average Bonchev–Trinajstić information content (AvgIpc) is 1.94. The molecule has 0 saturated heterocycles. The van der Waals surface area contributed by atoms with Crippen LogP contribution in [0.25, 0.3) is 0 Å². The maximum Gasteiger partial charge on any atom is 0.318 e. The van der Waals surface area contributed by atoms with Crippen LogP contribution in [0.15, 0.2) is 0 Å². The summed E-state index contributed by atoms with van der Waals surface area (Å²) in [5.41, 5.74) is 4.62. The normalized spacial score (nSPS) is 7.40. The molecule has 0 saturated carbocycles. The van der Waals surface area contributed by atoms with Gasteiger partial charge in [-0.25, -0.2) is 4.79 Å². The SMILES string of the molecule is C=O.NC(=O)N(CO)CO. The van der Waals surface area contributed by atoms with Crippen LogP contribution in [-0.4, -0.2) is 41.4 Å². The third-order valence-electron chi connectivity index (χ3n) is 0.653. The fourth-order valence-electron chi connectivity index (χ4n) is 0.184. The van der Waals surface area contributed by atoms with E-state index in [4.69, 9.17) is 15.0 Å². The number of nitrogens with zero attached hydrogens (tertiary/aromatic N) is 1. The van der Waals surface area contributed by atoms with Crippen LogP contribution in [0.5, 0.6) is 0 Å². The van der Waals surface area contributed by atoms with E-state index in [2.05, 4.69) is 5.73 Å². The Labute approximate surface area is 57.9 Å². The van der Waals surface area contributed by atoms with Crippen molar-refractivity contribution < 1.29 is 19.8 Å². The highest BCUT2D eigenvalue weighted by Crippen LogP contribution is 1.78. The van der Waals surface area contributed by atoms with Gasteiger partial charge in [-0.1, -0.05) is 0 Å². The molecule has 6 nitrogen and oxygen atoms in total. The number of hydrogen-bond donors (Lipinski definition) is 3. The smallest absolute Gasteiger partial charge is 0.318 e. The summed E-state index contributed by atoms with van der Waals surface area (Å²) in [6, 6.07) is -0.838. The van der Waals surface area contributed by atoms with Crippen molar-refractivity contribution in [3.05, 3.63) is 0 Å². The molecule has 0 rings (SSSR count). The van der Waals surface area contributed by atoms with Crippen molar-refractivity contribution in [1.29, 1.82) is 0 Å². The minimum Gasteiger partial charge on any atom is -0.376 e. The number of carbonyl (C=O) groups is 2. The molecule has 0 unspecified atom stereocenters. The summed E-state index contributed by atoms with van der Waals surface area (Å²) in [6.45, 7) is 0.900. The predicted molar refractivity (Wildman–Crippen MR) is 32.7 cm³/mol. The van der Waals surface area contributed by atoms with Gasteiger partial charge in [0.1, 0.15) is 20.3 Å². The number of aliphatic hydroxyl groups excluding tert-OH is 2. The van der Waals surface area contributed by atoms with Crippen LogP contribution in [0, 0.1) is 0 Å². The number of rotatable bonds is 2. The summed E-state index contributed by atoms with van der Waals surface area (Å²) in [5.74, 6) is 0. The second-order valence-electron chi connectivity index (χ2n) is 1.16. The molecule has 0 heterocycles. The first-order chi connectivity index (χ1) is 4.72. The summed E-state index contributed by atoms with van der Waals surface area (Å²) < 4.78 is 0. The molecule has 0 radical (unpaired) electrons. The monoisotopic (exact) mass is 150 g/mol. The van der Waals surface area contributed by atoms with Gasteiger partial charge in [0, 0.05) is 0 Å². The van der Waals surface area contributed by atoms with Gasteiger partial charge in [0.05, 0.1) is 0 Å². The van der Waals surface area contributed by atoms with E-state index in [9.17, 15) is 4.79 Å². The lowest BCUT2D eigenvalue weighted by Crippen LogP contribution is -2.36. The number of carbonyl (C=O) groups excluding carboxylic acids is 2. The molecular weight excluding hydrogens is 140 g/mol. The van der Waals surface area contributed by atoms with E-state index in [0.29, 0.717) is 4.90 Å². The van der Waals surface area contributed by atoms with Crippen molar-refractivity contribution >= 4 is 12.8 Å². The number of urea groups is 1. The van der Waals surface area contributed by atoms with E-state index in [1.165, 1.54) is 0 Å². The summed E-state index contributed by atoms with van der Waals surface area (Å²) >= 11 is 0. The van der Waals surface area contributed by atoms with Gasteiger partial charge in [-0.05, 0) is 0 Å². The van der Waals surface area contributed by atoms with Crippen LogP contribution in [0.2, 0.25) is 0 Å². The fraction of sp³-hybridized carbons (Fsp3) is 0.500. The minimum atomic E-state index is -0.838. The summed E-state index contributed by atoms with van der Waals surface area (Å²) in [5, 5.41) is 16.3. The standard InChI is InChI=1S/C3H8N2O3.CH2O/c4-3(8)5(1-6)2-7;1-2/h6-7H,1-2H2,(H2,4,8);1H2. The van der Waals surface area contributed by atoms with Crippen LogP contribution in [0.4, 0.5) is 4.79 Å². The van der Waals surface area contributed by atoms with Gasteiger partial charge in [0.15, 0.2) is 0 Å². The summed E-state index contributed by atoms with van der Waals surface area (Å²) in [4.78, 5) is 18.7. The largest absolute Gasteiger partial charge is 0.376 e. The van der Waals surface area contributed by atoms with Gasteiger partial charge in [-0.2, -0.15) is 0 Å². The van der Waals surface area contributed by atoms with E-state index in [1.807, 2.05) is 6.79 Å². The van der Waals surface area contributed by atoms with Gasteiger partial charge >= 0.3 is 6.03 Å². The van der Waals surface area contributed by atoms with E-state index in [1.54, 1.807) is 0 Å². The Kier molecular flexibility index (Phi) is 9.14. The molecule has 0 fully saturated rings. The molecule has 6 heteroatoms.